The third-order valence-corrected chi connectivity index (χ3v) is 6.66. The second-order valence-corrected chi connectivity index (χ2v) is 9.98. The number of nitrogens with zero attached hydrogens (tertiary/aromatic N) is 1. The molecule has 3 rings (SSSR count). The van der Waals surface area contributed by atoms with E-state index < -0.39 is 36.1 Å². The molecule has 1 aliphatic rings. The summed E-state index contributed by atoms with van der Waals surface area (Å²) in [4.78, 5) is 42.1. The molecule has 1 saturated heterocycles. The largest absolute Gasteiger partial charge is 0.493 e. The van der Waals surface area contributed by atoms with Crippen molar-refractivity contribution < 1.29 is 38.1 Å². The van der Waals surface area contributed by atoms with Crippen molar-refractivity contribution in [1.82, 2.24) is 10.3 Å². The highest BCUT2D eigenvalue weighted by molar-refractivity contribution is 5.98. The molecule has 0 bridgehead atoms. The molecular formula is C30H40N2O8. The second-order valence-electron chi connectivity index (χ2n) is 9.98. The maximum Gasteiger partial charge on any atom is 0.331 e. The van der Waals surface area contributed by atoms with Crippen molar-refractivity contribution in [3.63, 3.8) is 0 Å². The first kappa shape index (κ1) is 31.0. The first-order chi connectivity index (χ1) is 19.2. The number of pyridine rings is 1. The van der Waals surface area contributed by atoms with Crippen molar-refractivity contribution in [3.05, 3.63) is 53.3 Å². The molecule has 1 aliphatic heterocycles. The first-order valence-electron chi connectivity index (χ1n) is 13.7. The third kappa shape index (κ3) is 8.76. The Morgan fingerprint density at radius 3 is 2.55 bits per heavy atom. The molecule has 40 heavy (non-hydrogen) atoms. The zero-order valence-corrected chi connectivity index (χ0v) is 23.9. The average molecular weight is 557 g/mol. The van der Waals surface area contributed by atoms with E-state index in [1.807, 2.05) is 6.92 Å². The van der Waals surface area contributed by atoms with E-state index in [0.29, 0.717) is 19.6 Å². The number of carbonyl (C=O) groups excluding carboxylic acids is 3. The second kappa shape index (κ2) is 15.3. The van der Waals surface area contributed by atoms with Crippen LogP contribution in [0.2, 0.25) is 0 Å². The monoisotopic (exact) mass is 556 g/mol. The fourth-order valence-corrected chi connectivity index (χ4v) is 4.58. The van der Waals surface area contributed by atoms with Gasteiger partial charge in [-0.1, -0.05) is 49.6 Å². The predicted octanol–water partition coefficient (Wildman–Crippen LogP) is 3.82. The number of unbranched alkanes of at least 4 members (excludes halogenated alkanes) is 2. The van der Waals surface area contributed by atoms with Crippen molar-refractivity contribution in [1.29, 1.82) is 0 Å². The van der Waals surface area contributed by atoms with Crippen LogP contribution in [0, 0.1) is 12.8 Å². The summed E-state index contributed by atoms with van der Waals surface area (Å²) in [6.45, 7) is 7.91. The number of nitrogens with one attached hydrogen (secondary N) is 1. The minimum Gasteiger partial charge on any atom is -0.493 e. The lowest BCUT2D eigenvalue weighted by Crippen LogP contribution is -2.46. The summed E-state index contributed by atoms with van der Waals surface area (Å²) in [5.74, 6) is -2.12. The Bertz CT molecular complexity index is 1140. The van der Waals surface area contributed by atoms with Gasteiger partial charge in [0.05, 0.1) is 26.4 Å². The lowest BCUT2D eigenvalue weighted by molar-refractivity contribution is -0.160. The summed E-state index contributed by atoms with van der Waals surface area (Å²) in [6.07, 6.45) is 4.06. The zero-order valence-electron chi connectivity index (χ0n) is 23.9. The average Bonchev–Trinajstić information content (AvgIpc) is 2.97. The van der Waals surface area contributed by atoms with Crippen LogP contribution in [0.25, 0.3) is 0 Å². The number of hydrogen-bond acceptors (Lipinski definition) is 9. The SMILES string of the molecule is CCCCCOC1C(Cc2ccc(C)cc2)COCC(NC(=O)c2nccc(OC)c2OC(C)=O)C(=O)OC1C. The molecule has 0 radical (unpaired) electrons. The minimum absolute atomic E-state index is 0.0859. The summed E-state index contributed by atoms with van der Waals surface area (Å²) < 4.78 is 28.5. The van der Waals surface area contributed by atoms with Crippen LogP contribution in [0.4, 0.5) is 0 Å². The number of benzene rings is 1. The Hall–Kier alpha value is -3.50. The number of esters is 2. The molecule has 1 fully saturated rings. The molecular weight excluding hydrogens is 516 g/mol. The van der Waals surface area contributed by atoms with Crippen LogP contribution in [0.1, 0.15) is 61.6 Å². The Labute approximate surface area is 235 Å². The quantitative estimate of drug-likeness (QED) is 0.325. The summed E-state index contributed by atoms with van der Waals surface area (Å²) in [5, 5.41) is 2.62. The van der Waals surface area contributed by atoms with Gasteiger partial charge in [-0.15, -0.1) is 0 Å². The van der Waals surface area contributed by atoms with E-state index in [-0.39, 0.29) is 29.7 Å². The van der Waals surface area contributed by atoms with Crippen LogP contribution in [0.5, 0.6) is 11.5 Å². The van der Waals surface area contributed by atoms with Crippen molar-refractivity contribution in [2.45, 2.75) is 71.6 Å². The molecule has 10 nitrogen and oxygen atoms in total. The maximum absolute atomic E-state index is 13.2. The first-order valence-corrected chi connectivity index (χ1v) is 13.7. The number of carbonyl (C=O) groups is 3. The molecule has 1 amide bonds. The molecule has 4 unspecified atom stereocenters. The standard InChI is InChI=1S/C30H40N2O8/c1-6-7-8-15-38-27-20(3)39-30(35)24(18-37-17-23(27)16-22-11-9-19(2)10-12-22)32-29(34)26-28(40-21(4)33)25(36-5)13-14-31-26/h9-14,20,23-24,27H,6-8,15-18H2,1-5H3,(H,32,34). The summed E-state index contributed by atoms with van der Waals surface area (Å²) in [5.41, 5.74) is 2.10. The number of ether oxygens (including phenoxy) is 5. The molecule has 0 saturated carbocycles. The van der Waals surface area contributed by atoms with Gasteiger partial charge in [0, 0.05) is 31.7 Å². The number of methoxy groups -OCH3 is 1. The van der Waals surface area contributed by atoms with Crippen LogP contribution < -0.4 is 14.8 Å². The molecule has 4 atom stereocenters. The fraction of sp³-hybridized carbons (Fsp3) is 0.533. The Morgan fingerprint density at radius 2 is 1.88 bits per heavy atom. The van der Waals surface area contributed by atoms with Gasteiger partial charge in [0.1, 0.15) is 6.10 Å². The van der Waals surface area contributed by atoms with Gasteiger partial charge in [0.25, 0.3) is 5.91 Å². The fourth-order valence-electron chi connectivity index (χ4n) is 4.58. The van der Waals surface area contributed by atoms with Gasteiger partial charge in [-0.3, -0.25) is 9.59 Å². The van der Waals surface area contributed by atoms with E-state index in [4.69, 9.17) is 23.7 Å². The maximum atomic E-state index is 13.2. The lowest BCUT2D eigenvalue weighted by Gasteiger charge is -2.31. The minimum atomic E-state index is -1.12. The molecule has 2 aromatic rings. The molecule has 0 spiro atoms. The Balaban J connectivity index is 1.80. The summed E-state index contributed by atoms with van der Waals surface area (Å²) >= 11 is 0. The molecule has 218 valence electrons. The number of cyclic esters (lactones) is 1. The number of amides is 1. The highest BCUT2D eigenvalue weighted by atomic mass is 16.6. The molecule has 1 N–H and O–H groups in total. The van der Waals surface area contributed by atoms with Gasteiger partial charge in [-0.25, -0.2) is 9.78 Å². The van der Waals surface area contributed by atoms with E-state index in [1.54, 1.807) is 6.92 Å². The van der Waals surface area contributed by atoms with Gasteiger partial charge in [-0.05, 0) is 32.3 Å². The lowest BCUT2D eigenvalue weighted by atomic mass is 9.91. The van der Waals surface area contributed by atoms with E-state index in [2.05, 4.69) is 41.5 Å². The summed E-state index contributed by atoms with van der Waals surface area (Å²) in [7, 11) is 1.38. The number of aryl methyl sites for hydroxylation is 1. The van der Waals surface area contributed by atoms with Crippen LogP contribution in [0.3, 0.4) is 0 Å². The van der Waals surface area contributed by atoms with Crippen molar-refractivity contribution in [2.24, 2.45) is 5.92 Å². The topological polar surface area (TPSA) is 122 Å². The van der Waals surface area contributed by atoms with Crippen molar-refractivity contribution in [3.8, 4) is 11.5 Å². The number of rotatable bonds is 11. The van der Waals surface area contributed by atoms with Crippen LogP contribution >= 0.6 is 0 Å². The highest BCUT2D eigenvalue weighted by Crippen LogP contribution is 2.30. The third-order valence-electron chi connectivity index (χ3n) is 6.66. The predicted molar refractivity (Wildman–Crippen MR) is 147 cm³/mol. The van der Waals surface area contributed by atoms with Crippen molar-refractivity contribution in [2.75, 3.05) is 26.9 Å². The van der Waals surface area contributed by atoms with Crippen LogP contribution in [-0.4, -0.2) is 68.0 Å². The van der Waals surface area contributed by atoms with E-state index in [9.17, 15) is 14.4 Å². The summed E-state index contributed by atoms with van der Waals surface area (Å²) in [6, 6.07) is 8.63. The highest BCUT2D eigenvalue weighted by Gasteiger charge is 2.36. The zero-order chi connectivity index (χ0) is 29.1. The molecule has 2 heterocycles. The Morgan fingerprint density at radius 1 is 1.12 bits per heavy atom. The van der Waals surface area contributed by atoms with E-state index in [0.717, 1.165) is 24.8 Å². The van der Waals surface area contributed by atoms with Crippen LogP contribution in [-0.2, 0) is 30.2 Å². The van der Waals surface area contributed by atoms with Crippen LogP contribution in [0.15, 0.2) is 36.5 Å². The van der Waals surface area contributed by atoms with Gasteiger partial charge >= 0.3 is 11.9 Å². The molecule has 1 aromatic carbocycles. The smallest absolute Gasteiger partial charge is 0.331 e. The van der Waals surface area contributed by atoms with Gasteiger partial charge < -0.3 is 29.0 Å². The van der Waals surface area contributed by atoms with Gasteiger partial charge in [0.2, 0.25) is 5.75 Å². The van der Waals surface area contributed by atoms with E-state index >= 15 is 0 Å². The Kier molecular flexibility index (Phi) is 11.9. The number of aromatic nitrogens is 1. The van der Waals surface area contributed by atoms with Gasteiger partial charge in [-0.2, -0.15) is 0 Å². The molecule has 0 aliphatic carbocycles. The molecule has 1 aromatic heterocycles. The van der Waals surface area contributed by atoms with Crippen molar-refractivity contribution >= 4 is 17.8 Å². The van der Waals surface area contributed by atoms with E-state index in [1.165, 1.54) is 31.9 Å². The normalized spacial score (nSPS) is 21.4. The molecule has 10 heteroatoms. The number of hydrogen-bond donors (Lipinski definition) is 1. The van der Waals surface area contributed by atoms with Gasteiger partial charge in [0.15, 0.2) is 17.5 Å².